The van der Waals surface area contributed by atoms with Crippen LogP contribution in [0.5, 0.6) is 0 Å². The van der Waals surface area contributed by atoms with E-state index in [-0.39, 0.29) is 12.1 Å². The van der Waals surface area contributed by atoms with Crippen LogP contribution in [0.25, 0.3) is 22.0 Å². The van der Waals surface area contributed by atoms with Gasteiger partial charge >= 0.3 is 6.09 Å². The van der Waals surface area contributed by atoms with Crippen molar-refractivity contribution in [3.8, 4) is 11.3 Å². The molecule has 6 heteroatoms. The first-order valence-corrected chi connectivity index (χ1v) is 11.7. The van der Waals surface area contributed by atoms with Gasteiger partial charge in [0.25, 0.3) is 0 Å². The zero-order valence-electron chi connectivity index (χ0n) is 19.1. The van der Waals surface area contributed by atoms with Gasteiger partial charge in [-0.3, -0.25) is 9.58 Å². The molecule has 6 nitrogen and oxygen atoms in total. The fraction of sp³-hybridized carbons (Fsp3) is 0.462. The summed E-state index contributed by atoms with van der Waals surface area (Å²) in [6.07, 6.45) is 1.94. The fourth-order valence-electron chi connectivity index (χ4n) is 5.41. The van der Waals surface area contributed by atoms with E-state index in [1.165, 1.54) is 22.9 Å². The molecule has 3 fully saturated rings. The number of aromatic nitrogens is 2. The van der Waals surface area contributed by atoms with Gasteiger partial charge in [0.2, 0.25) is 0 Å². The van der Waals surface area contributed by atoms with Crippen molar-refractivity contribution in [1.82, 2.24) is 20.0 Å². The van der Waals surface area contributed by atoms with Crippen molar-refractivity contribution < 1.29 is 9.53 Å². The van der Waals surface area contributed by atoms with Gasteiger partial charge in [-0.05, 0) is 62.1 Å². The Labute approximate surface area is 189 Å². The number of rotatable bonds is 5. The first kappa shape index (κ1) is 21.0. The molecule has 0 saturated carbocycles. The number of amides is 1. The molecule has 3 aromatic rings. The second-order valence-corrected chi connectivity index (χ2v) is 9.58. The maximum Gasteiger partial charge on any atom is 0.407 e. The van der Waals surface area contributed by atoms with Gasteiger partial charge in [0.1, 0.15) is 6.61 Å². The zero-order chi connectivity index (χ0) is 22.2. The van der Waals surface area contributed by atoms with Crippen molar-refractivity contribution in [3.05, 3.63) is 54.2 Å². The Morgan fingerprint density at radius 1 is 1.19 bits per heavy atom. The van der Waals surface area contributed by atoms with Crippen molar-refractivity contribution in [2.75, 3.05) is 19.7 Å². The number of aryl methyl sites for hydroxylation is 1. The molecular weight excluding hydrogens is 400 g/mol. The average Bonchev–Trinajstić information content (AvgIpc) is 3.18. The Balaban J connectivity index is 1.30. The highest BCUT2D eigenvalue weighted by Gasteiger charge is 2.42. The number of ether oxygens (including phenoxy) is 1. The Hall–Kier alpha value is -2.86. The third-order valence-corrected chi connectivity index (χ3v) is 7.03. The van der Waals surface area contributed by atoms with E-state index in [1.807, 2.05) is 13.8 Å². The molecule has 0 aliphatic carbocycles. The Kier molecular flexibility index (Phi) is 5.64. The van der Waals surface area contributed by atoms with Gasteiger partial charge in [-0.15, -0.1) is 0 Å². The van der Waals surface area contributed by atoms with Gasteiger partial charge in [-0.25, -0.2) is 4.79 Å². The molecule has 4 atom stereocenters. The Morgan fingerprint density at radius 3 is 2.75 bits per heavy atom. The van der Waals surface area contributed by atoms with Crippen LogP contribution in [-0.4, -0.2) is 52.6 Å². The summed E-state index contributed by atoms with van der Waals surface area (Å²) in [5.74, 6) is 1.07. The average molecular weight is 433 g/mol. The summed E-state index contributed by atoms with van der Waals surface area (Å²) in [5, 5.41) is 10.2. The second kappa shape index (κ2) is 8.58. The third kappa shape index (κ3) is 4.11. The van der Waals surface area contributed by atoms with E-state index >= 15 is 0 Å². The van der Waals surface area contributed by atoms with Gasteiger partial charge in [0.05, 0.1) is 5.69 Å². The molecule has 1 unspecified atom stereocenters. The summed E-state index contributed by atoms with van der Waals surface area (Å²) >= 11 is 0. The van der Waals surface area contributed by atoms with E-state index in [0.29, 0.717) is 24.5 Å². The normalized spacial score (nSPS) is 24.8. The number of carbonyl (C=O) groups excluding carboxylic acids is 1. The third-order valence-electron chi connectivity index (χ3n) is 7.03. The monoisotopic (exact) mass is 432 g/mol. The number of hydrogen-bond donors (Lipinski definition) is 1. The first-order chi connectivity index (χ1) is 15.5. The quantitative estimate of drug-likeness (QED) is 0.642. The highest BCUT2D eigenvalue weighted by Crippen LogP contribution is 2.42. The van der Waals surface area contributed by atoms with E-state index in [2.05, 4.69) is 70.5 Å². The molecule has 1 N–H and O–H groups in total. The summed E-state index contributed by atoms with van der Waals surface area (Å²) in [6, 6.07) is 17.7. The molecule has 1 aromatic heterocycles. The lowest BCUT2D eigenvalue weighted by atomic mass is 9.74. The van der Waals surface area contributed by atoms with Gasteiger partial charge < -0.3 is 10.1 Å². The van der Waals surface area contributed by atoms with Crippen molar-refractivity contribution in [3.63, 3.8) is 0 Å². The predicted molar refractivity (Wildman–Crippen MR) is 127 cm³/mol. The van der Waals surface area contributed by atoms with Gasteiger partial charge in [0, 0.05) is 42.9 Å². The van der Waals surface area contributed by atoms with Gasteiger partial charge in [-0.1, -0.05) is 36.4 Å². The van der Waals surface area contributed by atoms with E-state index in [9.17, 15) is 4.79 Å². The molecule has 4 heterocycles. The van der Waals surface area contributed by atoms with Crippen molar-refractivity contribution in [2.45, 2.75) is 44.7 Å². The molecule has 6 rings (SSSR count). The topological polar surface area (TPSA) is 59.4 Å². The maximum absolute atomic E-state index is 11.9. The number of carbonyl (C=O) groups is 1. The maximum atomic E-state index is 11.9. The molecule has 2 bridgehead atoms. The lowest BCUT2D eigenvalue weighted by Crippen LogP contribution is -2.54. The van der Waals surface area contributed by atoms with Crippen molar-refractivity contribution >= 4 is 16.9 Å². The van der Waals surface area contributed by atoms with Crippen molar-refractivity contribution in [1.29, 1.82) is 0 Å². The summed E-state index contributed by atoms with van der Waals surface area (Å²) < 4.78 is 7.57. The minimum atomic E-state index is -0.314. The van der Waals surface area contributed by atoms with Crippen LogP contribution in [0.15, 0.2) is 48.5 Å². The number of hydrogen-bond acceptors (Lipinski definition) is 4. The minimum Gasteiger partial charge on any atom is -0.448 e. The van der Waals surface area contributed by atoms with E-state index in [0.717, 1.165) is 30.8 Å². The molecule has 3 aliphatic heterocycles. The molecule has 3 saturated heterocycles. The van der Waals surface area contributed by atoms with Crippen LogP contribution in [0.1, 0.15) is 38.3 Å². The van der Waals surface area contributed by atoms with E-state index in [1.54, 1.807) is 0 Å². The lowest BCUT2D eigenvalue weighted by molar-refractivity contribution is -0.00441. The molecule has 3 aliphatic rings. The number of fused-ring (bicyclic) bond motifs is 4. The standard InChI is InChI=1S/C26H32N4O2/c1-17(2)27-26(31)32-16-22-13-20-10-11-30(22)15-23(20)25-14-24(28-29(25)3)21-9-8-18-6-4-5-7-19(18)12-21/h4-9,12,14,17,20,22-23H,10-11,13,15-16H2,1-3H3,(H,27,31)/t20-,22-,23+/m1/s1. The lowest BCUT2D eigenvalue weighted by Gasteiger charge is -2.49. The fourth-order valence-corrected chi connectivity index (χ4v) is 5.41. The largest absolute Gasteiger partial charge is 0.448 e. The first-order valence-electron chi connectivity index (χ1n) is 11.7. The summed E-state index contributed by atoms with van der Waals surface area (Å²) in [7, 11) is 2.06. The van der Waals surface area contributed by atoms with E-state index < -0.39 is 0 Å². The molecule has 1 amide bonds. The summed E-state index contributed by atoms with van der Waals surface area (Å²) in [5.41, 5.74) is 3.50. The summed E-state index contributed by atoms with van der Waals surface area (Å²) in [6.45, 7) is 6.43. The van der Waals surface area contributed by atoms with Crippen LogP contribution >= 0.6 is 0 Å². The molecule has 168 valence electrons. The molecule has 0 spiro atoms. The number of nitrogens with zero attached hydrogens (tertiary/aromatic N) is 3. The van der Waals surface area contributed by atoms with Crippen LogP contribution in [0.3, 0.4) is 0 Å². The zero-order valence-corrected chi connectivity index (χ0v) is 19.1. The van der Waals surface area contributed by atoms with Crippen LogP contribution < -0.4 is 5.32 Å². The van der Waals surface area contributed by atoms with Gasteiger partial charge in [-0.2, -0.15) is 5.10 Å². The highest BCUT2D eigenvalue weighted by molar-refractivity contribution is 5.86. The van der Waals surface area contributed by atoms with Crippen LogP contribution in [0.2, 0.25) is 0 Å². The summed E-state index contributed by atoms with van der Waals surface area (Å²) in [4.78, 5) is 14.4. The van der Waals surface area contributed by atoms with Crippen LogP contribution in [0, 0.1) is 5.92 Å². The van der Waals surface area contributed by atoms with Crippen molar-refractivity contribution in [2.24, 2.45) is 13.0 Å². The Morgan fingerprint density at radius 2 is 2.00 bits per heavy atom. The van der Waals surface area contributed by atoms with Gasteiger partial charge in [0.15, 0.2) is 0 Å². The number of benzene rings is 2. The number of nitrogens with one attached hydrogen (secondary N) is 1. The SMILES string of the molecule is CC(C)NC(=O)OC[C@H]1C[C@H]2CCN1C[C@@H]2c1cc(-c2ccc3ccccc3c2)nn1C. The van der Waals surface area contributed by atoms with Crippen LogP contribution in [0.4, 0.5) is 4.79 Å². The Bertz CT molecular complexity index is 1120. The minimum absolute atomic E-state index is 0.0941. The van der Waals surface area contributed by atoms with E-state index in [4.69, 9.17) is 9.84 Å². The highest BCUT2D eigenvalue weighted by atomic mass is 16.5. The predicted octanol–water partition coefficient (Wildman–Crippen LogP) is 4.55. The van der Waals surface area contributed by atoms with Crippen LogP contribution in [-0.2, 0) is 11.8 Å². The smallest absolute Gasteiger partial charge is 0.407 e. The number of piperidine rings is 3. The number of alkyl carbamates (subject to hydrolysis) is 1. The molecule has 2 aromatic carbocycles. The molecule has 0 radical (unpaired) electrons. The molecule has 32 heavy (non-hydrogen) atoms. The molecular formula is C26H32N4O2. The second-order valence-electron chi connectivity index (χ2n) is 9.58.